The van der Waals surface area contributed by atoms with Crippen molar-refractivity contribution in [2.75, 3.05) is 17.6 Å². The Kier molecular flexibility index (Phi) is 4.94. The number of anilines is 1. The Balaban J connectivity index is 1.63. The van der Waals surface area contributed by atoms with Gasteiger partial charge < -0.3 is 4.74 Å². The van der Waals surface area contributed by atoms with E-state index in [1.807, 2.05) is 0 Å². The first-order chi connectivity index (χ1) is 12.4. The van der Waals surface area contributed by atoms with Crippen molar-refractivity contribution in [3.05, 3.63) is 60.4 Å². The molecule has 0 atom stereocenters. The van der Waals surface area contributed by atoms with E-state index in [0.29, 0.717) is 22.7 Å². The highest BCUT2D eigenvalue weighted by atomic mass is 32.2. The van der Waals surface area contributed by atoms with E-state index >= 15 is 0 Å². The molecule has 1 aromatic heterocycles. The fourth-order valence-corrected chi connectivity index (χ4v) is 2.73. The molecule has 0 spiro atoms. The molecule has 9 nitrogen and oxygen atoms in total. The second-order valence-corrected chi connectivity index (χ2v) is 7.16. The van der Waals surface area contributed by atoms with Crippen LogP contribution in [0.1, 0.15) is 10.4 Å². The molecule has 0 aliphatic heterocycles. The second kappa shape index (κ2) is 7.31. The van der Waals surface area contributed by atoms with Gasteiger partial charge in [0.2, 0.25) is 10.0 Å². The van der Waals surface area contributed by atoms with Gasteiger partial charge in [0.1, 0.15) is 12.1 Å². The molecule has 1 heterocycles. The number of rotatable bonds is 7. The Morgan fingerprint density at radius 2 is 1.96 bits per heavy atom. The highest BCUT2D eigenvalue weighted by molar-refractivity contribution is 7.92. The van der Waals surface area contributed by atoms with E-state index in [4.69, 9.17) is 4.74 Å². The fourth-order valence-electron chi connectivity index (χ4n) is 2.17. The number of nitrogens with one attached hydrogen (secondary N) is 1. The summed E-state index contributed by atoms with van der Waals surface area (Å²) < 4.78 is 31.7. The van der Waals surface area contributed by atoms with E-state index in [1.54, 1.807) is 24.3 Å². The van der Waals surface area contributed by atoms with Crippen molar-refractivity contribution in [1.29, 1.82) is 0 Å². The lowest BCUT2D eigenvalue weighted by Crippen LogP contribution is -2.12. The Morgan fingerprint density at radius 1 is 1.19 bits per heavy atom. The highest BCUT2D eigenvalue weighted by Gasteiger charge is 2.09. The van der Waals surface area contributed by atoms with Crippen LogP contribution in [0.3, 0.4) is 0 Å². The number of benzene rings is 2. The van der Waals surface area contributed by atoms with Crippen LogP contribution < -0.4 is 9.46 Å². The normalized spacial score (nSPS) is 11.1. The van der Waals surface area contributed by atoms with Gasteiger partial charge in [-0.25, -0.2) is 13.1 Å². The van der Waals surface area contributed by atoms with Crippen LogP contribution in [-0.2, 0) is 10.0 Å². The van der Waals surface area contributed by atoms with Gasteiger partial charge in [-0.3, -0.25) is 9.52 Å². The van der Waals surface area contributed by atoms with Crippen LogP contribution in [0.2, 0.25) is 0 Å². The minimum Gasteiger partial charge on any atom is -0.485 e. The molecule has 2 aromatic carbocycles. The summed E-state index contributed by atoms with van der Waals surface area (Å²) in [6.45, 7) is -0.155. The van der Waals surface area contributed by atoms with Crippen LogP contribution >= 0.6 is 0 Å². The molecule has 3 rings (SSSR count). The smallest absolute Gasteiger partial charge is 0.229 e. The average Bonchev–Trinajstić information content (AvgIpc) is 3.14. The van der Waals surface area contributed by atoms with Gasteiger partial charge in [-0.2, -0.15) is 0 Å². The zero-order valence-electron chi connectivity index (χ0n) is 13.7. The van der Waals surface area contributed by atoms with Crippen molar-refractivity contribution >= 4 is 21.5 Å². The lowest BCUT2D eigenvalue weighted by molar-refractivity contribution is 0.0921. The minimum absolute atomic E-state index is 0.155. The first kappa shape index (κ1) is 17.5. The van der Waals surface area contributed by atoms with Gasteiger partial charge in [-0.05, 0) is 46.8 Å². The third-order valence-corrected chi connectivity index (χ3v) is 3.92. The molecule has 0 aliphatic rings. The fraction of sp³-hybridized carbons (Fsp3) is 0.125. The van der Waals surface area contributed by atoms with Crippen molar-refractivity contribution < 1.29 is 17.9 Å². The topological polar surface area (TPSA) is 116 Å². The van der Waals surface area contributed by atoms with E-state index in [0.717, 1.165) is 6.26 Å². The molecule has 0 bridgehead atoms. The summed E-state index contributed by atoms with van der Waals surface area (Å²) in [6, 6.07) is 13.1. The Morgan fingerprint density at radius 3 is 2.62 bits per heavy atom. The molecule has 1 N–H and O–H groups in total. The molecule has 134 valence electrons. The van der Waals surface area contributed by atoms with Crippen molar-refractivity contribution in [3.8, 4) is 11.4 Å². The molecular formula is C16H15N5O4S. The van der Waals surface area contributed by atoms with Crippen molar-refractivity contribution in [2.24, 2.45) is 0 Å². The maximum absolute atomic E-state index is 12.2. The molecule has 0 radical (unpaired) electrons. The summed E-state index contributed by atoms with van der Waals surface area (Å²) in [5.74, 6) is 0.269. The predicted octanol–water partition coefficient (Wildman–Crippen LogP) is 1.30. The van der Waals surface area contributed by atoms with Gasteiger partial charge in [0.15, 0.2) is 12.4 Å². The molecule has 0 saturated heterocycles. The molecule has 3 aromatic rings. The summed E-state index contributed by atoms with van der Waals surface area (Å²) in [7, 11) is -3.35. The van der Waals surface area contributed by atoms with Gasteiger partial charge >= 0.3 is 0 Å². The molecule has 26 heavy (non-hydrogen) atoms. The zero-order chi connectivity index (χ0) is 18.6. The average molecular weight is 373 g/mol. The Labute approximate surface area is 149 Å². The van der Waals surface area contributed by atoms with E-state index in [2.05, 4.69) is 20.2 Å². The van der Waals surface area contributed by atoms with Crippen LogP contribution in [0, 0.1) is 0 Å². The van der Waals surface area contributed by atoms with Gasteiger partial charge in [0.05, 0.1) is 11.9 Å². The quantitative estimate of drug-likeness (QED) is 0.620. The number of ether oxygens (including phenoxy) is 1. The van der Waals surface area contributed by atoms with Gasteiger partial charge in [0, 0.05) is 17.3 Å². The standard InChI is InChI=1S/C16H15N5O4S/c1-26(23,24)18-13-7-5-12(6-8-13)16(22)10-25-15-4-2-3-14(9-15)21-11-17-19-20-21/h2-9,11,18H,10H2,1H3. The maximum atomic E-state index is 12.2. The lowest BCUT2D eigenvalue weighted by Gasteiger charge is -2.08. The van der Waals surface area contributed by atoms with Crippen molar-refractivity contribution in [2.45, 2.75) is 0 Å². The predicted molar refractivity (Wildman–Crippen MR) is 93.9 cm³/mol. The molecule has 10 heteroatoms. The summed E-state index contributed by atoms with van der Waals surface area (Å²) in [4.78, 5) is 12.2. The van der Waals surface area contributed by atoms with Crippen LogP contribution in [0.4, 0.5) is 5.69 Å². The molecule has 0 unspecified atom stereocenters. The third-order valence-electron chi connectivity index (χ3n) is 3.31. The number of tetrazole rings is 1. The minimum atomic E-state index is -3.35. The molecule has 0 aliphatic carbocycles. The first-order valence-electron chi connectivity index (χ1n) is 7.48. The molecule has 0 fully saturated rings. The van der Waals surface area contributed by atoms with Crippen molar-refractivity contribution in [3.63, 3.8) is 0 Å². The second-order valence-electron chi connectivity index (χ2n) is 5.42. The summed E-state index contributed by atoms with van der Waals surface area (Å²) in [5.41, 5.74) is 1.51. The number of sulfonamides is 1. The van der Waals surface area contributed by atoms with Gasteiger partial charge in [0.25, 0.3) is 0 Å². The summed E-state index contributed by atoms with van der Waals surface area (Å²) >= 11 is 0. The monoisotopic (exact) mass is 373 g/mol. The van der Waals surface area contributed by atoms with E-state index < -0.39 is 10.0 Å². The lowest BCUT2D eigenvalue weighted by atomic mass is 10.1. The third kappa shape index (κ3) is 4.63. The first-order valence-corrected chi connectivity index (χ1v) is 9.37. The van der Waals surface area contributed by atoms with Crippen molar-refractivity contribution in [1.82, 2.24) is 20.2 Å². The number of carbonyl (C=O) groups is 1. The van der Waals surface area contributed by atoms with E-state index in [-0.39, 0.29) is 12.4 Å². The van der Waals surface area contributed by atoms with Crippen LogP contribution in [-0.4, -0.2) is 47.3 Å². The molecular weight excluding hydrogens is 358 g/mol. The molecule has 0 amide bonds. The largest absolute Gasteiger partial charge is 0.485 e. The van der Waals surface area contributed by atoms with Crippen LogP contribution in [0.25, 0.3) is 5.69 Å². The number of hydrogen-bond donors (Lipinski definition) is 1. The summed E-state index contributed by atoms with van der Waals surface area (Å²) in [6.07, 6.45) is 2.51. The number of ketones is 1. The van der Waals surface area contributed by atoms with E-state index in [9.17, 15) is 13.2 Å². The number of Topliss-reactive ketones (excluding diaryl/α,β-unsaturated/α-hetero) is 1. The number of hydrogen-bond acceptors (Lipinski definition) is 7. The van der Waals surface area contributed by atoms with Crippen LogP contribution in [0.15, 0.2) is 54.9 Å². The van der Waals surface area contributed by atoms with Gasteiger partial charge in [-0.1, -0.05) is 6.07 Å². The highest BCUT2D eigenvalue weighted by Crippen LogP contribution is 2.17. The number of carbonyl (C=O) groups excluding carboxylic acids is 1. The maximum Gasteiger partial charge on any atom is 0.229 e. The number of nitrogens with zero attached hydrogens (tertiary/aromatic N) is 4. The Bertz CT molecular complexity index is 1000. The van der Waals surface area contributed by atoms with Gasteiger partial charge in [-0.15, -0.1) is 5.10 Å². The Hall–Kier alpha value is -3.27. The molecule has 0 saturated carbocycles. The SMILES string of the molecule is CS(=O)(=O)Nc1ccc(C(=O)COc2cccc(-n3cnnn3)c2)cc1. The summed E-state index contributed by atoms with van der Waals surface area (Å²) in [5, 5.41) is 10.9. The van der Waals surface area contributed by atoms with Crippen LogP contribution in [0.5, 0.6) is 5.75 Å². The number of aromatic nitrogens is 4. The zero-order valence-corrected chi connectivity index (χ0v) is 14.5. The van der Waals surface area contributed by atoms with E-state index in [1.165, 1.54) is 35.3 Å².